The summed E-state index contributed by atoms with van der Waals surface area (Å²) in [6, 6.07) is 7.74. The predicted octanol–water partition coefficient (Wildman–Crippen LogP) is 3.56. The minimum Gasteiger partial charge on any atom is -0.491 e. The molecule has 0 atom stereocenters. The van der Waals surface area contributed by atoms with E-state index in [2.05, 4.69) is 15.3 Å². The zero-order chi connectivity index (χ0) is 19.2. The Bertz CT molecular complexity index is 746. The highest BCUT2D eigenvalue weighted by molar-refractivity contribution is 7.09. The maximum atomic E-state index is 12.6. The molecule has 1 aromatic carbocycles. The molecule has 2 rings (SSSR count). The molecule has 2 aromatic rings. The summed E-state index contributed by atoms with van der Waals surface area (Å²) in [4.78, 5) is 9.57. The van der Waals surface area contributed by atoms with Gasteiger partial charge in [-0.1, -0.05) is 18.2 Å². The van der Waals surface area contributed by atoms with Crippen molar-refractivity contribution < 1.29 is 17.9 Å². The number of nitrogens with zero attached hydrogens (tertiary/aromatic N) is 3. The zero-order valence-corrected chi connectivity index (χ0v) is 15.6. The Labute approximate surface area is 154 Å². The van der Waals surface area contributed by atoms with Crippen LogP contribution in [0.1, 0.15) is 16.3 Å². The van der Waals surface area contributed by atoms with Gasteiger partial charge in [-0.05, 0) is 18.6 Å². The van der Waals surface area contributed by atoms with Crippen LogP contribution in [0.4, 0.5) is 13.2 Å². The lowest BCUT2D eigenvalue weighted by Gasteiger charge is -2.22. The van der Waals surface area contributed by atoms with E-state index in [4.69, 9.17) is 4.74 Å². The summed E-state index contributed by atoms with van der Waals surface area (Å²) in [6.45, 7) is 3.18. The van der Waals surface area contributed by atoms with E-state index < -0.39 is 11.9 Å². The van der Waals surface area contributed by atoms with E-state index in [0.29, 0.717) is 24.1 Å². The van der Waals surface area contributed by atoms with Crippen LogP contribution in [0.5, 0.6) is 5.75 Å². The van der Waals surface area contributed by atoms with Crippen LogP contribution in [-0.4, -0.2) is 43.1 Å². The van der Waals surface area contributed by atoms with Crippen LogP contribution in [0.3, 0.4) is 0 Å². The summed E-state index contributed by atoms with van der Waals surface area (Å²) in [7, 11) is 3.45. The van der Waals surface area contributed by atoms with Crippen molar-refractivity contribution in [3.8, 4) is 5.75 Å². The number of guanidine groups is 1. The fourth-order valence-electron chi connectivity index (χ4n) is 2.18. The Morgan fingerprint density at radius 1 is 1.35 bits per heavy atom. The quantitative estimate of drug-likeness (QED) is 0.609. The Kier molecular flexibility index (Phi) is 6.84. The number of aliphatic imine (C=N–C) groups is 1. The summed E-state index contributed by atoms with van der Waals surface area (Å²) in [5, 5.41) is 4.37. The first-order valence-electron chi connectivity index (χ1n) is 7.93. The van der Waals surface area contributed by atoms with Gasteiger partial charge in [-0.25, -0.2) is 4.98 Å². The van der Waals surface area contributed by atoms with E-state index in [1.165, 1.54) is 0 Å². The van der Waals surface area contributed by atoms with Gasteiger partial charge in [0.25, 0.3) is 0 Å². The number of rotatable bonds is 6. The molecule has 142 valence electrons. The Hall–Kier alpha value is -2.29. The maximum absolute atomic E-state index is 12.6. The Morgan fingerprint density at radius 2 is 2.08 bits per heavy atom. The van der Waals surface area contributed by atoms with Gasteiger partial charge >= 0.3 is 6.18 Å². The zero-order valence-electron chi connectivity index (χ0n) is 14.8. The normalized spacial score (nSPS) is 12.2. The highest BCUT2D eigenvalue weighted by atomic mass is 32.1. The second-order valence-corrected chi connectivity index (χ2v) is 6.50. The van der Waals surface area contributed by atoms with Crippen molar-refractivity contribution in [2.24, 2.45) is 4.99 Å². The van der Waals surface area contributed by atoms with Crippen molar-refractivity contribution in [1.82, 2.24) is 15.2 Å². The van der Waals surface area contributed by atoms with Crippen LogP contribution in [0.2, 0.25) is 0 Å². The molecule has 0 saturated heterocycles. The largest absolute Gasteiger partial charge is 0.491 e. The van der Waals surface area contributed by atoms with E-state index in [1.54, 1.807) is 7.05 Å². The average molecular weight is 386 g/mol. The third kappa shape index (κ3) is 5.62. The van der Waals surface area contributed by atoms with Crippen LogP contribution in [0.25, 0.3) is 0 Å². The first-order chi connectivity index (χ1) is 12.3. The molecule has 26 heavy (non-hydrogen) atoms. The first kappa shape index (κ1) is 20.0. The monoisotopic (exact) mass is 386 g/mol. The van der Waals surface area contributed by atoms with Crippen LogP contribution in [-0.2, 0) is 12.7 Å². The van der Waals surface area contributed by atoms with Gasteiger partial charge in [0.2, 0.25) is 0 Å². The molecule has 0 aliphatic carbocycles. The fraction of sp³-hybridized carbons (Fsp3) is 0.412. The van der Waals surface area contributed by atoms with E-state index in [0.717, 1.165) is 28.0 Å². The number of halogens is 3. The molecule has 0 aliphatic heterocycles. The lowest BCUT2D eigenvalue weighted by molar-refractivity contribution is -0.140. The molecule has 0 saturated carbocycles. The Morgan fingerprint density at radius 3 is 2.69 bits per heavy atom. The van der Waals surface area contributed by atoms with Crippen LogP contribution >= 0.6 is 11.3 Å². The van der Waals surface area contributed by atoms with Crippen molar-refractivity contribution in [3.05, 3.63) is 45.9 Å². The molecule has 1 aromatic heterocycles. The summed E-state index contributed by atoms with van der Waals surface area (Å²) >= 11 is 0.966. The predicted molar refractivity (Wildman–Crippen MR) is 96.6 cm³/mol. The van der Waals surface area contributed by atoms with Crippen molar-refractivity contribution >= 4 is 17.3 Å². The second kappa shape index (κ2) is 8.88. The standard InChI is InChI=1S/C17H21F3N4OS/c1-12-6-4-5-7-13(12)25-9-8-24(3)16(21-2)22-10-15-23-14(11-26-15)17(18,19)20/h4-7,11H,8-10H2,1-3H3,(H,21,22). The second-order valence-electron chi connectivity index (χ2n) is 5.56. The maximum Gasteiger partial charge on any atom is 0.434 e. The molecule has 0 radical (unpaired) electrons. The summed E-state index contributed by atoms with van der Waals surface area (Å²) in [6.07, 6.45) is -4.42. The highest BCUT2D eigenvalue weighted by Gasteiger charge is 2.33. The van der Waals surface area contributed by atoms with Gasteiger partial charge in [0.1, 0.15) is 17.4 Å². The minimum absolute atomic E-state index is 0.177. The number of thiazole rings is 1. The topological polar surface area (TPSA) is 49.8 Å². The van der Waals surface area contributed by atoms with Crippen molar-refractivity contribution in [2.75, 3.05) is 27.2 Å². The van der Waals surface area contributed by atoms with Gasteiger partial charge in [0.15, 0.2) is 11.7 Å². The third-order valence-electron chi connectivity index (χ3n) is 3.59. The fourth-order valence-corrected chi connectivity index (χ4v) is 2.92. The molecule has 0 bridgehead atoms. The molecular formula is C17H21F3N4OS. The van der Waals surface area contributed by atoms with Crippen molar-refractivity contribution in [1.29, 1.82) is 0 Å². The number of hydrogen-bond donors (Lipinski definition) is 1. The number of benzene rings is 1. The van der Waals surface area contributed by atoms with Crippen LogP contribution in [0, 0.1) is 6.92 Å². The van der Waals surface area contributed by atoms with Gasteiger partial charge in [0, 0.05) is 19.5 Å². The van der Waals surface area contributed by atoms with Crippen LogP contribution < -0.4 is 10.1 Å². The molecule has 9 heteroatoms. The lowest BCUT2D eigenvalue weighted by atomic mass is 10.2. The molecule has 1 N–H and O–H groups in total. The molecule has 0 aliphatic rings. The number of alkyl halides is 3. The molecule has 0 spiro atoms. The number of hydrogen-bond acceptors (Lipinski definition) is 4. The van der Waals surface area contributed by atoms with Crippen molar-refractivity contribution in [2.45, 2.75) is 19.6 Å². The minimum atomic E-state index is -4.42. The number of ether oxygens (including phenoxy) is 1. The average Bonchev–Trinajstić information content (AvgIpc) is 3.06. The van der Waals surface area contributed by atoms with Gasteiger partial charge in [-0.3, -0.25) is 4.99 Å². The Balaban J connectivity index is 1.82. The smallest absolute Gasteiger partial charge is 0.434 e. The molecule has 0 amide bonds. The third-order valence-corrected chi connectivity index (χ3v) is 4.44. The van der Waals surface area contributed by atoms with E-state index in [9.17, 15) is 13.2 Å². The SMILES string of the molecule is CN=C(NCc1nc(C(F)(F)F)cs1)N(C)CCOc1ccccc1C. The van der Waals surface area contributed by atoms with Gasteiger partial charge in [-0.15, -0.1) is 11.3 Å². The summed E-state index contributed by atoms with van der Waals surface area (Å²) in [5.74, 6) is 1.38. The van der Waals surface area contributed by atoms with Gasteiger partial charge in [0.05, 0.1) is 13.1 Å². The number of para-hydroxylation sites is 1. The van der Waals surface area contributed by atoms with E-state index in [-0.39, 0.29) is 6.54 Å². The van der Waals surface area contributed by atoms with E-state index >= 15 is 0 Å². The molecule has 0 unspecified atom stereocenters. The number of nitrogens with one attached hydrogen (secondary N) is 1. The summed E-state index contributed by atoms with van der Waals surface area (Å²) < 4.78 is 43.5. The molecule has 5 nitrogen and oxygen atoms in total. The first-order valence-corrected chi connectivity index (χ1v) is 8.81. The highest BCUT2D eigenvalue weighted by Crippen LogP contribution is 2.29. The molecular weight excluding hydrogens is 365 g/mol. The van der Waals surface area contributed by atoms with E-state index in [1.807, 2.05) is 43.1 Å². The number of aryl methyl sites for hydroxylation is 1. The molecule has 1 heterocycles. The van der Waals surface area contributed by atoms with Crippen LogP contribution in [0.15, 0.2) is 34.6 Å². The molecule has 0 fully saturated rings. The van der Waals surface area contributed by atoms with Gasteiger partial charge < -0.3 is 15.0 Å². The number of aromatic nitrogens is 1. The van der Waals surface area contributed by atoms with Crippen molar-refractivity contribution in [3.63, 3.8) is 0 Å². The van der Waals surface area contributed by atoms with Gasteiger partial charge in [-0.2, -0.15) is 13.2 Å². The number of likely N-dealkylation sites (N-methyl/N-ethyl adjacent to an activating group) is 1. The lowest BCUT2D eigenvalue weighted by Crippen LogP contribution is -2.40. The summed E-state index contributed by atoms with van der Waals surface area (Å²) in [5.41, 5.74) is 0.191.